The van der Waals surface area contributed by atoms with Crippen LogP contribution in [0.2, 0.25) is 0 Å². The summed E-state index contributed by atoms with van der Waals surface area (Å²) in [5, 5.41) is 9.58. The van der Waals surface area contributed by atoms with Gasteiger partial charge >= 0.3 is 11.9 Å². The lowest BCUT2D eigenvalue weighted by molar-refractivity contribution is -0.142. The van der Waals surface area contributed by atoms with E-state index in [9.17, 15) is 14.4 Å². The third kappa shape index (κ3) is 5.92. The fraction of sp³-hybridized carbons (Fsp3) is 0.217. The van der Waals surface area contributed by atoms with Crippen LogP contribution in [0.25, 0.3) is 6.08 Å². The maximum absolute atomic E-state index is 12.7. The molecule has 0 spiro atoms. The largest absolute Gasteiger partial charge is 0.490 e. The number of esters is 1. The number of aromatic carboxylic acids is 1. The van der Waals surface area contributed by atoms with Gasteiger partial charge in [-0.15, -0.1) is 0 Å². The van der Waals surface area contributed by atoms with Crippen molar-refractivity contribution in [1.29, 1.82) is 0 Å². The fourth-order valence-electron chi connectivity index (χ4n) is 2.82. The highest BCUT2D eigenvalue weighted by atomic mass is 32.2. The minimum absolute atomic E-state index is 0.113. The van der Waals surface area contributed by atoms with E-state index in [1.807, 2.05) is 6.92 Å². The molecule has 33 heavy (non-hydrogen) atoms. The van der Waals surface area contributed by atoms with Crippen molar-refractivity contribution in [3.05, 3.63) is 58.5 Å². The number of hydrogen-bond donors (Lipinski definition) is 1. The number of carbonyl (C=O) groups is 3. The molecule has 0 aliphatic carbocycles. The van der Waals surface area contributed by atoms with Crippen LogP contribution in [-0.2, 0) is 14.3 Å². The zero-order valence-corrected chi connectivity index (χ0v) is 19.0. The van der Waals surface area contributed by atoms with E-state index in [1.54, 1.807) is 43.5 Å². The molecule has 9 nitrogen and oxygen atoms in total. The first kappa shape index (κ1) is 23.9. The molecule has 1 heterocycles. The number of rotatable bonds is 8. The summed E-state index contributed by atoms with van der Waals surface area (Å²) in [6.45, 7) is 1.96. The Hall–Kier alpha value is -3.79. The van der Waals surface area contributed by atoms with Gasteiger partial charge in [-0.05, 0) is 60.7 Å². The number of hydrogen-bond acceptors (Lipinski definition) is 8. The van der Waals surface area contributed by atoms with E-state index < -0.39 is 11.9 Å². The molecule has 2 aromatic rings. The van der Waals surface area contributed by atoms with Gasteiger partial charge in [-0.1, -0.05) is 12.1 Å². The predicted octanol–water partition coefficient (Wildman–Crippen LogP) is 3.57. The summed E-state index contributed by atoms with van der Waals surface area (Å²) in [5.74, 6) is -0.992. The highest BCUT2D eigenvalue weighted by Gasteiger charge is 2.30. The van der Waals surface area contributed by atoms with Gasteiger partial charge in [0.1, 0.15) is 0 Å². The van der Waals surface area contributed by atoms with Gasteiger partial charge in [-0.25, -0.2) is 14.6 Å². The summed E-state index contributed by atoms with van der Waals surface area (Å²) in [7, 11) is 2.88. The standard InChI is InChI=1S/C23H22N2O7S/c1-4-31-18-10-14(8-9-17(18)32-13-20(26)30-3)11-19-21(27)25(2)23(33-19)24-16-7-5-6-15(12-16)22(28)29/h5-12H,4,13H2,1-3H3,(H,28,29)/b19-11+,24-23?. The zero-order chi connectivity index (χ0) is 24.0. The van der Waals surface area contributed by atoms with Crippen molar-refractivity contribution in [1.82, 2.24) is 4.90 Å². The van der Waals surface area contributed by atoms with Crippen molar-refractivity contribution >= 4 is 46.5 Å². The van der Waals surface area contributed by atoms with Gasteiger partial charge in [0.05, 0.1) is 29.9 Å². The number of amides is 1. The van der Waals surface area contributed by atoms with Crippen molar-refractivity contribution in [3.8, 4) is 11.5 Å². The van der Waals surface area contributed by atoms with Gasteiger partial charge in [-0.3, -0.25) is 9.69 Å². The van der Waals surface area contributed by atoms with E-state index in [0.717, 1.165) is 0 Å². The van der Waals surface area contributed by atoms with E-state index in [1.165, 1.54) is 35.9 Å². The second kappa shape index (κ2) is 10.7. The van der Waals surface area contributed by atoms with Gasteiger partial charge in [0, 0.05) is 7.05 Å². The summed E-state index contributed by atoms with van der Waals surface area (Å²) in [4.78, 5) is 41.5. The van der Waals surface area contributed by atoms with Crippen LogP contribution in [0, 0.1) is 0 Å². The normalized spacial score (nSPS) is 15.7. The van der Waals surface area contributed by atoms with Crippen LogP contribution in [0.4, 0.5) is 5.69 Å². The van der Waals surface area contributed by atoms with Crippen LogP contribution < -0.4 is 9.47 Å². The summed E-state index contributed by atoms with van der Waals surface area (Å²) in [5.41, 5.74) is 1.24. The van der Waals surface area contributed by atoms with E-state index in [4.69, 9.17) is 14.6 Å². The Morgan fingerprint density at radius 1 is 1.15 bits per heavy atom. The van der Waals surface area contributed by atoms with Crippen molar-refractivity contribution in [2.45, 2.75) is 6.92 Å². The first-order valence-electron chi connectivity index (χ1n) is 9.88. The molecule has 2 aromatic carbocycles. The lowest BCUT2D eigenvalue weighted by Gasteiger charge is -2.12. The SMILES string of the molecule is CCOc1cc(/C=C2/SC(=Nc3cccc(C(=O)O)c3)N(C)C2=O)ccc1OCC(=O)OC. The molecular formula is C23H22N2O7S. The molecule has 3 rings (SSSR count). The number of benzene rings is 2. The van der Waals surface area contributed by atoms with Crippen LogP contribution in [0.15, 0.2) is 52.4 Å². The number of carboxylic acids is 1. The van der Waals surface area contributed by atoms with Crippen molar-refractivity contribution in [2.75, 3.05) is 27.4 Å². The Labute approximate surface area is 194 Å². The van der Waals surface area contributed by atoms with Crippen LogP contribution in [0.1, 0.15) is 22.8 Å². The van der Waals surface area contributed by atoms with Gasteiger partial charge in [0.2, 0.25) is 0 Å². The Balaban J connectivity index is 1.85. The second-order valence-corrected chi connectivity index (χ2v) is 7.74. The van der Waals surface area contributed by atoms with Crippen LogP contribution in [0.3, 0.4) is 0 Å². The molecule has 1 aliphatic heterocycles. The Morgan fingerprint density at radius 2 is 1.94 bits per heavy atom. The number of thioether (sulfide) groups is 1. The molecule has 0 atom stereocenters. The van der Waals surface area contributed by atoms with Gasteiger partial charge in [0.25, 0.3) is 5.91 Å². The second-order valence-electron chi connectivity index (χ2n) is 6.73. The first-order chi connectivity index (χ1) is 15.8. The third-order valence-electron chi connectivity index (χ3n) is 4.46. The number of likely N-dealkylation sites (N-methyl/N-ethyl adjacent to an activating group) is 1. The molecule has 1 saturated heterocycles. The summed E-state index contributed by atoms with van der Waals surface area (Å²) < 4.78 is 15.6. The monoisotopic (exact) mass is 470 g/mol. The average Bonchev–Trinajstić information content (AvgIpc) is 3.06. The molecular weight excluding hydrogens is 448 g/mol. The lowest BCUT2D eigenvalue weighted by Crippen LogP contribution is -2.23. The third-order valence-corrected chi connectivity index (χ3v) is 5.52. The van der Waals surface area contributed by atoms with Gasteiger partial charge < -0.3 is 19.3 Å². The maximum Gasteiger partial charge on any atom is 0.343 e. The minimum Gasteiger partial charge on any atom is -0.490 e. The Kier molecular flexibility index (Phi) is 7.73. The number of carbonyl (C=O) groups excluding carboxylic acids is 2. The quantitative estimate of drug-likeness (QED) is 0.460. The predicted molar refractivity (Wildman–Crippen MR) is 124 cm³/mol. The number of carboxylic acid groups (broad SMARTS) is 1. The Morgan fingerprint density at radius 3 is 2.64 bits per heavy atom. The van der Waals surface area contributed by atoms with Crippen LogP contribution in [-0.4, -0.2) is 60.4 Å². The smallest absolute Gasteiger partial charge is 0.343 e. The molecule has 10 heteroatoms. The number of nitrogens with zero attached hydrogens (tertiary/aromatic N) is 2. The molecule has 0 radical (unpaired) electrons. The Bertz CT molecular complexity index is 1140. The zero-order valence-electron chi connectivity index (χ0n) is 18.2. The summed E-state index contributed by atoms with van der Waals surface area (Å²) >= 11 is 1.18. The van der Waals surface area contributed by atoms with Gasteiger partial charge in [-0.2, -0.15) is 0 Å². The summed E-state index contributed by atoms with van der Waals surface area (Å²) in [6, 6.07) is 11.3. The highest BCUT2D eigenvalue weighted by Crippen LogP contribution is 2.35. The topological polar surface area (TPSA) is 115 Å². The summed E-state index contributed by atoms with van der Waals surface area (Å²) in [6.07, 6.45) is 1.70. The fourth-order valence-corrected chi connectivity index (χ4v) is 3.81. The molecule has 1 amide bonds. The molecule has 0 bridgehead atoms. The molecule has 172 valence electrons. The highest BCUT2D eigenvalue weighted by molar-refractivity contribution is 8.18. The molecule has 1 aliphatic rings. The molecule has 1 fully saturated rings. The lowest BCUT2D eigenvalue weighted by atomic mass is 10.2. The maximum atomic E-state index is 12.7. The first-order valence-corrected chi connectivity index (χ1v) is 10.7. The number of methoxy groups -OCH3 is 1. The molecule has 0 aromatic heterocycles. The molecule has 0 unspecified atom stereocenters. The number of ether oxygens (including phenoxy) is 3. The number of amidine groups is 1. The van der Waals surface area contributed by atoms with Crippen molar-refractivity contribution < 1.29 is 33.7 Å². The van der Waals surface area contributed by atoms with Crippen LogP contribution in [0.5, 0.6) is 11.5 Å². The number of aliphatic imine (C=N–C) groups is 1. The van der Waals surface area contributed by atoms with Crippen LogP contribution >= 0.6 is 11.8 Å². The van der Waals surface area contributed by atoms with Crippen molar-refractivity contribution in [3.63, 3.8) is 0 Å². The van der Waals surface area contributed by atoms with Crippen molar-refractivity contribution in [2.24, 2.45) is 4.99 Å². The van der Waals surface area contributed by atoms with Gasteiger partial charge in [0.15, 0.2) is 23.3 Å². The minimum atomic E-state index is -1.05. The molecule has 0 saturated carbocycles. The van der Waals surface area contributed by atoms with E-state index in [0.29, 0.717) is 39.4 Å². The van der Waals surface area contributed by atoms with E-state index >= 15 is 0 Å². The molecule has 1 N–H and O–H groups in total. The van der Waals surface area contributed by atoms with E-state index in [2.05, 4.69) is 9.73 Å². The average molecular weight is 471 g/mol. The van der Waals surface area contributed by atoms with E-state index in [-0.39, 0.29) is 18.1 Å².